The van der Waals surface area contributed by atoms with Crippen LogP contribution in [0.25, 0.3) is 10.8 Å². The normalized spacial score (nSPS) is 19.3. The van der Waals surface area contributed by atoms with Gasteiger partial charge < -0.3 is 9.84 Å². The number of halogens is 1. The van der Waals surface area contributed by atoms with E-state index in [1.165, 1.54) is 18.2 Å². The van der Waals surface area contributed by atoms with Gasteiger partial charge in [0.2, 0.25) is 0 Å². The van der Waals surface area contributed by atoms with Crippen molar-refractivity contribution < 1.29 is 27.4 Å². The Labute approximate surface area is 160 Å². The molecule has 1 unspecified atom stereocenters. The topological polar surface area (TPSA) is 120 Å². The summed E-state index contributed by atoms with van der Waals surface area (Å²) in [6.45, 7) is -0.447. The number of rotatable bonds is 5. The van der Waals surface area contributed by atoms with Gasteiger partial charge in [0, 0.05) is 5.39 Å². The monoisotopic (exact) mass is 405 g/mol. The van der Waals surface area contributed by atoms with Gasteiger partial charge in [0.25, 0.3) is 5.91 Å². The van der Waals surface area contributed by atoms with Gasteiger partial charge in [-0.25, -0.2) is 13.4 Å². The van der Waals surface area contributed by atoms with E-state index >= 15 is 4.39 Å². The number of aromatic hydroxyl groups is 1. The van der Waals surface area contributed by atoms with Crippen molar-refractivity contribution >= 4 is 32.6 Å². The number of carbonyl (C=O) groups excluding carboxylic acids is 1. The molecule has 1 aliphatic carbocycles. The van der Waals surface area contributed by atoms with Crippen molar-refractivity contribution in [2.75, 3.05) is 17.5 Å². The van der Waals surface area contributed by atoms with Crippen molar-refractivity contribution in [2.45, 2.75) is 12.8 Å². The van der Waals surface area contributed by atoms with E-state index < -0.39 is 39.9 Å². The van der Waals surface area contributed by atoms with Crippen LogP contribution in [0.1, 0.15) is 12.8 Å². The molecular formula is C18H16FN3O5S. The first-order valence-electron chi connectivity index (χ1n) is 8.61. The zero-order valence-electron chi connectivity index (χ0n) is 14.6. The summed E-state index contributed by atoms with van der Waals surface area (Å²) in [5.41, 5.74) is -0.601. The number of fused-ring (bicyclic) bond motifs is 1. The maximum Gasteiger partial charge on any atom is 0.326 e. The third kappa shape index (κ3) is 3.18. The molecule has 0 aromatic heterocycles. The summed E-state index contributed by atoms with van der Waals surface area (Å²) in [6.07, 6.45) is 1.99. The molecular weight excluding hydrogens is 389 g/mol. The Hall–Kier alpha value is -3.06. The fourth-order valence-electron chi connectivity index (χ4n) is 3.24. The minimum absolute atomic E-state index is 0.0276. The Morgan fingerprint density at radius 1 is 1.39 bits per heavy atom. The first-order chi connectivity index (χ1) is 13.3. The molecule has 0 spiro atoms. The summed E-state index contributed by atoms with van der Waals surface area (Å²) in [5.74, 6) is -1.99. The number of amides is 1. The fraction of sp³-hybridized carbons (Fsp3) is 0.333. The number of ether oxygens (including phenoxy) is 1. The van der Waals surface area contributed by atoms with Crippen LogP contribution in [0.3, 0.4) is 0 Å². The largest absolute Gasteiger partial charge is 0.506 e. The van der Waals surface area contributed by atoms with Crippen molar-refractivity contribution in [1.29, 1.82) is 5.26 Å². The molecule has 10 heteroatoms. The Morgan fingerprint density at radius 2 is 2.14 bits per heavy atom. The Kier molecular flexibility index (Phi) is 4.27. The second-order valence-electron chi connectivity index (χ2n) is 6.86. The number of phenolic OH excluding ortho intramolecular Hbond substituents is 1. The molecule has 1 saturated heterocycles. The standard InChI is InChI=1S/C18H16FN3O5S/c19-17-14-6-13(27-9-12(7-20)10-1-2-10)4-3-11(14)5-15(23)18(17)22-8-16(24)21-28(22,25)26/h3-6,10,12,23H,1-2,8-9H2,(H,21,24). The lowest BCUT2D eigenvalue weighted by molar-refractivity contribution is -0.117. The zero-order valence-corrected chi connectivity index (χ0v) is 15.4. The SMILES string of the molecule is N#CC(COc1ccc2cc(O)c(N3CC(=O)NS3(=O)=O)c(F)c2c1)C1CC1. The van der Waals surface area contributed by atoms with Gasteiger partial charge in [-0.05, 0) is 42.3 Å². The average Bonchev–Trinajstić information content (AvgIpc) is 3.42. The van der Waals surface area contributed by atoms with E-state index in [9.17, 15) is 23.6 Å². The number of phenols is 1. The maximum absolute atomic E-state index is 15.1. The summed E-state index contributed by atoms with van der Waals surface area (Å²) in [4.78, 5) is 11.4. The van der Waals surface area contributed by atoms with Crippen molar-refractivity contribution in [3.63, 3.8) is 0 Å². The summed E-state index contributed by atoms with van der Waals surface area (Å²) >= 11 is 0. The second-order valence-corrected chi connectivity index (χ2v) is 8.46. The third-order valence-corrected chi connectivity index (χ3v) is 6.24. The molecule has 1 aliphatic heterocycles. The predicted molar refractivity (Wildman–Crippen MR) is 97.3 cm³/mol. The molecule has 8 nitrogen and oxygen atoms in total. The van der Waals surface area contributed by atoms with Crippen LogP contribution in [0.5, 0.6) is 11.5 Å². The van der Waals surface area contributed by atoms with Crippen LogP contribution in [0, 0.1) is 29.0 Å². The first-order valence-corrected chi connectivity index (χ1v) is 10.0. The summed E-state index contributed by atoms with van der Waals surface area (Å²) in [6, 6.07) is 7.92. The number of hydrogen-bond acceptors (Lipinski definition) is 6. The van der Waals surface area contributed by atoms with Crippen LogP contribution in [-0.4, -0.2) is 32.6 Å². The molecule has 1 atom stereocenters. The summed E-state index contributed by atoms with van der Waals surface area (Å²) in [5, 5.41) is 19.7. The quantitative estimate of drug-likeness (QED) is 0.783. The number of nitrogens with one attached hydrogen (secondary N) is 1. The van der Waals surface area contributed by atoms with Crippen molar-refractivity contribution in [3.05, 3.63) is 30.1 Å². The van der Waals surface area contributed by atoms with Crippen molar-refractivity contribution in [1.82, 2.24) is 4.72 Å². The molecule has 1 heterocycles. The van der Waals surface area contributed by atoms with Crippen LogP contribution in [-0.2, 0) is 15.0 Å². The highest BCUT2D eigenvalue weighted by Gasteiger charge is 2.38. The van der Waals surface area contributed by atoms with Gasteiger partial charge in [0.15, 0.2) is 5.82 Å². The predicted octanol–water partition coefficient (Wildman–Crippen LogP) is 1.79. The van der Waals surface area contributed by atoms with E-state index in [-0.39, 0.29) is 17.9 Å². The number of benzene rings is 2. The van der Waals surface area contributed by atoms with E-state index in [0.29, 0.717) is 21.4 Å². The molecule has 2 aromatic carbocycles. The van der Waals surface area contributed by atoms with Crippen LogP contribution in [0.15, 0.2) is 24.3 Å². The maximum atomic E-state index is 15.1. The minimum Gasteiger partial charge on any atom is -0.506 e. The van der Waals surface area contributed by atoms with Crippen LogP contribution in [0.4, 0.5) is 10.1 Å². The van der Waals surface area contributed by atoms with Crippen LogP contribution >= 0.6 is 0 Å². The van der Waals surface area contributed by atoms with Gasteiger partial charge in [-0.1, -0.05) is 6.07 Å². The molecule has 1 saturated carbocycles. The zero-order chi connectivity index (χ0) is 20.1. The summed E-state index contributed by atoms with van der Waals surface area (Å²) < 4.78 is 47.0. The highest BCUT2D eigenvalue weighted by Crippen LogP contribution is 2.40. The lowest BCUT2D eigenvalue weighted by Gasteiger charge is -2.18. The van der Waals surface area contributed by atoms with E-state index in [4.69, 9.17) is 4.74 Å². The molecule has 2 aliphatic rings. The molecule has 2 aromatic rings. The summed E-state index contributed by atoms with van der Waals surface area (Å²) in [7, 11) is -4.27. The minimum atomic E-state index is -4.27. The molecule has 4 rings (SSSR count). The molecule has 2 N–H and O–H groups in total. The molecule has 28 heavy (non-hydrogen) atoms. The average molecular weight is 405 g/mol. The molecule has 0 bridgehead atoms. The molecule has 2 fully saturated rings. The first kappa shape index (κ1) is 18.3. The Bertz CT molecular complexity index is 1120. The van der Waals surface area contributed by atoms with Gasteiger partial charge in [-0.2, -0.15) is 13.7 Å². The Morgan fingerprint density at radius 3 is 2.75 bits per heavy atom. The van der Waals surface area contributed by atoms with Gasteiger partial charge in [-0.15, -0.1) is 0 Å². The van der Waals surface area contributed by atoms with Crippen LogP contribution < -0.4 is 13.8 Å². The van der Waals surface area contributed by atoms with Gasteiger partial charge >= 0.3 is 10.2 Å². The highest BCUT2D eigenvalue weighted by molar-refractivity contribution is 7.92. The van der Waals surface area contributed by atoms with E-state index in [0.717, 1.165) is 12.8 Å². The number of anilines is 1. The number of hydrogen-bond donors (Lipinski definition) is 2. The second kappa shape index (κ2) is 6.53. The van der Waals surface area contributed by atoms with E-state index in [1.807, 2.05) is 0 Å². The molecule has 0 radical (unpaired) electrons. The highest BCUT2D eigenvalue weighted by atomic mass is 32.2. The molecule has 1 amide bonds. The van der Waals surface area contributed by atoms with Gasteiger partial charge in [0.1, 0.15) is 30.3 Å². The van der Waals surface area contributed by atoms with Crippen LogP contribution in [0.2, 0.25) is 0 Å². The Balaban J connectivity index is 1.70. The van der Waals surface area contributed by atoms with Crippen molar-refractivity contribution in [3.8, 4) is 17.6 Å². The molecule has 146 valence electrons. The van der Waals surface area contributed by atoms with Gasteiger partial charge in [0.05, 0.1) is 12.0 Å². The van der Waals surface area contributed by atoms with Gasteiger partial charge in [-0.3, -0.25) is 4.79 Å². The number of nitrogens with zero attached hydrogens (tertiary/aromatic N) is 2. The number of nitriles is 1. The lowest BCUT2D eigenvalue weighted by atomic mass is 10.1. The fourth-order valence-corrected chi connectivity index (χ4v) is 4.41. The van der Waals surface area contributed by atoms with E-state index in [1.54, 1.807) is 10.8 Å². The number of carbonyl (C=O) groups is 1. The van der Waals surface area contributed by atoms with Crippen molar-refractivity contribution in [2.24, 2.45) is 11.8 Å². The smallest absolute Gasteiger partial charge is 0.326 e. The third-order valence-electron chi connectivity index (χ3n) is 4.86. The van der Waals surface area contributed by atoms with E-state index in [2.05, 4.69) is 6.07 Å². The lowest BCUT2D eigenvalue weighted by Crippen LogP contribution is -2.30.